The molecule has 3 rings (SSSR count). The Bertz CT molecular complexity index is 634. The van der Waals surface area contributed by atoms with E-state index in [1.807, 2.05) is 0 Å². The number of ether oxygens (including phenoxy) is 2. The lowest BCUT2D eigenvalue weighted by atomic mass is 10.2. The summed E-state index contributed by atoms with van der Waals surface area (Å²) in [6.07, 6.45) is 1.37. The van der Waals surface area contributed by atoms with Crippen molar-refractivity contribution in [3.63, 3.8) is 0 Å². The van der Waals surface area contributed by atoms with Crippen LogP contribution >= 0.6 is 0 Å². The van der Waals surface area contributed by atoms with Gasteiger partial charge in [0, 0.05) is 26.6 Å². The van der Waals surface area contributed by atoms with Crippen molar-refractivity contribution in [2.75, 3.05) is 32.2 Å². The first-order chi connectivity index (χ1) is 11.0. The molecule has 2 heterocycles. The van der Waals surface area contributed by atoms with Crippen LogP contribution in [0.15, 0.2) is 18.2 Å². The lowest BCUT2D eigenvalue weighted by molar-refractivity contribution is -0.128. The van der Waals surface area contributed by atoms with E-state index in [1.54, 1.807) is 37.2 Å². The summed E-state index contributed by atoms with van der Waals surface area (Å²) in [6.45, 7) is 0.588. The van der Waals surface area contributed by atoms with Crippen molar-refractivity contribution >= 4 is 17.5 Å². The topological polar surface area (TPSA) is 85.1 Å². The number of likely N-dealkylation sites (N-methyl/N-ethyl adjacent to an activating group) is 2. The zero-order valence-corrected chi connectivity index (χ0v) is 13.3. The van der Waals surface area contributed by atoms with Gasteiger partial charge in [0.15, 0.2) is 0 Å². The second-order valence-corrected chi connectivity index (χ2v) is 5.95. The van der Waals surface area contributed by atoms with Crippen molar-refractivity contribution in [2.24, 2.45) is 5.73 Å². The fraction of sp³-hybridized carbons (Fsp3) is 0.500. The van der Waals surface area contributed by atoms with Crippen LogP contribution in [0.3, 0.4) is 0 Å². The van der Waals surface area contributed by atoms with Crippen LogP contribution in [-0.2, 0) is 9.59 Å². The Balaban J connectivity index is 1.73. The predicted octanol–water partition coefficient (Wildman–Crippen LogP) is 0.369. The first kappa shape index (κ1) is 15.6. The third-order valence-electron chi connectivity index (χ3n) is 4.43. The van der Waals surface area contributed by atoms with Gasteiger partial charge in [-0.1, -0.05) is 0 Å². The minimum Gasteiger partial charge on any atom is -0.491 e. The maximum absolute atomic E-state index is 12.1. The summed E-state index contributed by atoms with van der Waals surface area (Å²) in [7, 11) is 3.46. The summed E-state index contributed by atoms with van der Waals surface area (Å²) in [5, 5.41) is 0. The molecule has 2 atom stereocenters. The molecule has 2 N–H and O–H groups in total. The Morgan fingerprint density at radius 2 is 2.13 bits per heavy atom. The molecule has 0 aromatic heterocycles. The average Bonchev–Trinajstić information content (AvgIpc) is 2.83. The summed E-state index contributed by atoms with van der Waals surface area (Å²) < 4.78 is 11.4. The smallest absolute Gasteiger partial charge is 0.247 e. The molecule has 124 valence electrons. The van der Waals surface area contributed by atoms with E-state index in [0.29, 0.717) is 30.2 Å². The number of nitrogens with two attached hydrogens (primary N) is 1. The molecule has 1 fully saturated rings. The van der Waals surface area contributed by atoms with E-state index in [9.17, 15) is 9.59 Å². The number of amides is 2. The maximum Gasteiger partial charge on any atom is 0.247 e. The Labute approximate surface area is 134 Å². The fourth-order valence-corrected chi connectivity index (χ4v) is 2.84. The van der Waals surface area contributed by atoms with Crippen molar-refractivity contribution < 1.29 is 19.1 Å². The number of anilines is 1. The lowest BCUT2D eigenvalue weighted by Gasteiger charge is -2.21. The van der Waals surface area contributed by atoms with Crippen molar-refractivity contribution in [1.82, 2.24) is 4.90 Å². The number of hydrogen-bond acceptors (Lipinski definition) is 5. The van der Waals surface area contributed by atoms with Crippen LogP contribution in [-0.4, -0.2) is 56.1 Å². The van der Waals surface area contributed by atoms with Crippen molar-refractivity contribution in [1.29, 1.82) is 0 Å². The highest BCUT2D eigenvalue weighted by Crippen LogP contribution is 2.34. The Morgan fingerprint density at radius 3 is 2.83 bits per heavy atom. The van der Waals surface area contributed by atoms with Gasteiger partial charge in [-0.25, -0.2) is 0 Å². The third-order valence-corrected chi connectivity index (χ3v) is 4.43. The number of carbonyl (C=O) groups excluding carboxylic acids is 2. The molecule has 0 saturated carbocycles. The van der Waals surface area contributed by atoms with Gasteiger partial charge in [-0.3, -0.25) is 9.59 Å². The lowest BCUT2D eigenvalue weighted by Crippen LogP contribution is -2.43. The van der Waals surface area contributed by atoms with Gasteiger partial charge in [0.05, 0.1) is 11.7 Å². The van der Waals surface area contributed by atoms with Crippen LogP contribution < -0.4 is 20.1 Å². The number of fused-ring (bicyclic) bond motifs is 1. The standard InChI is InChI=1S/C16H21N3O4/c1-18-10(3-6-15(18)20)8-22-11-4-5-14-13(7-11)19(2)16(21)12(17)9-23-14/h4-5,7,10,12H,3,6,8-9,17H2,1-2H3/t10-,12-/m0/s1. The van der Waals surface area contributed by atoms with Crippen LogP contribution in [0.25, 0.3) is 0 Å². The number of rotatable bonds is 3. The number of hydrogen-bond donors (Lipinski definition) is 1. The van der Waals surface area contributed by atoms with Gasteiger partial charge in [-0.2, -0.15) is 0 Å². The van der Waals surface area contributed by atoms with Gasteiger partial charge in [0.2, 0.25) is 11.8 Å². The van der Waals surface area contributed by atoms with Crippen LogP contribution in [0.4, 0.5) is 5.69 Å². The van der Waals surface area contributed by atoms with Crippen molar-refractivity contribution in [3.05, 3.63) is 18.2 Å². The molecule has 1 aromatic rings. The van der Waals surface area contributed by atoms with E-state index in [1.165, 1.54) is 4.90 Å². The number of likely N-dealkylation sites (tertiary alicyclic amines) is 1. The molecule has 0 unspecified atom stereocenters. The Kier molecular flexibility index (Phi) is 4.12. The van der Waals surface area contributed by atoms with Gasteiger partial charge in [-0.15, -0.1) is 0 Å². The van der Waals surface area contributed by atoms with E-state index in [4.69, 9.17) is 15.2 Å². The molecule has 1 saturated heterocycles. The van der Waals surface area contributed by atoms with E-state index in [0.717, 1.165) is 6.42 Å². The second kappa shape index (κ2) is 6.08. The highest BCUT2D eigenvalue weighted by Gasteiger charge is 2.29. The zero-order chi connectivity index (χ0) is 16.6. The largest absolute Gasteiger partial charge is 0.491 e. The first-order valence-corrected chi connectivity index (χ1v) is 7.66. The molecule has 2 aliphatic heterocycles. The summed E-state index contributed by atoms with van der Waals surface area (Å²) in [5.74, 6) is 1.19. The SMILES string of the molecule is CN1C(=O)[C@@H](N)COc2ccc(OC[C@@H]3CCC(=O)N3C)cc21. The first-order valence-electron chi connectivity index (χ1n) is 7.66. The summed E-state index contributed by atoms with van der Waals surface area (Å²) in [4.78, 5) is 26.8. The molecule has 0 aliphatic carbocycles. The summed E-state index contributed by atoms with van der Waals surface area (Å²) in [6, 6.07) is 4.75. The highest BCUT2D eigenvalue weighted by atomic mass is 16.5. The predicted molar refractivity (Wildman–Crippen MR) is 84.6 cm³/mol. The van der Waals surface area contributed by atoms with Crippen LogP contribution in [0.1, 0.15) is 12.8 Å². The molecular formula is C16H21N3O4. The van der Waals surface area contributed by atoms with E-state index < -0.39 is 6.04 Å². The van der Waals surface area contributed by atoms with Crippen LogP contribution in [0.2, 0.25) is 0 Å². The molecule has 1 aromatic carbocycles. The van der Waals surface area contributed by atoms with Gasteiger partial charge in [0.25, 0.3) is 0 Å². The molecule has 7 nitrogen and oxygen atoms in total. The minimum absolute atomic E-state index is 0.0883. The minimum atomic E-state index is -0.671. The van der Waals surface area contributed by atoms with Gasteiger partial charge >= 0.3 is 0 Å². The summed E-state index contributed by atoms with van der Waals surface area (Å²) >= 11 is 0. The van der Waals surface area contributed by atoms with E-state index in [2.05, 4.69) is 0 Å². The highest BCUT2D eigenvalue weighted by molar-refractivity contribution is 5.98. The molecule has 23 heavy (non-hydrogen) atoms. The van der Waals surface area contributed by atoms with E-state index in [-0.39, 0.29) is 24.5 Å². The maximum atomic E-state index is 12.1. The van der Waals surface area contributed by atoms with Gasteiger partial charge < -0.3 is 25.0 Å². The van der Waals surface area contributed by atoms with Crippen molar-refractivity contribution in [2.45, 2.75) is 24.9 Å². The quantitative estimate of drug-likeness (QED) is 0.870. The third kappa shape index (κ3) is 2.96. The van der Waals surface area contributed by atoms with Gasteiger partial charge in [-0.05, 0) is 18.6 Å². The monoisotopic (exact) mass is 319 g/mol. The summed E-state index contributed by atoms with van der Waals surface area (Å²) in [5.41, 5.74) is 6.41. The molecule has 2 aliphatic rings. The second-order valence-electron chi connectivity index (χ2n) is 5.95. The zero-order valence-electron chi connectivity index (χ0n) is 13.3. The van der Waals surface area contributed by atoms with Crippen LogP contribution in [0, 0.1) is 0 Å². The number of carbonyl (C=O) groups is 2. The normalized spacial score (nSPS) is 24.3. The Morgan fingerprint density at radius 1 is 1.35 bits per heavy atom. The van der Waals surface area contributed by atoms with E-state index >= 15 is 0 Å². The molecule has 0 radical (unpaired) electrons. The fourth-order valence-electron chi connectivity index (χ4n) is 2.84. The molecule has 2 amide bonds. The molecular weight excluding hydrogens is 298 g/mol. The molecule has 7 heteroatoms. The van der Waals surface area contributed by atoms with Crippen LogP contribution in [0.5, 0.6) is 11.5 Å². The number of nitrogens with zero attached hydrogens (tertiary/aromatic N) is 2. The van der Waals surface area contributed by atoms with Gasteiger partial charge in [0.1, 0.15) is 30.8 Å². The molecule has 0 bridgehead atoms. The molecule has 0 spiro atoms. The Hall–Kier alpha value is -2.28. The average molecular weight is 319 g/mol. The van der Waals surface area contributed by atoms with Crippen molar-refractivity contribution in [3.8, 4) is 11.5 Å². The number of benzene rings is 1.